The van der Waals surface area contributed by atoms with Gasteiger partial charge in [0.15, 0.2) is 5.78 Å². The summed E-state index contributed by atoms with van der Waals surface area (Å²) in [7, 11) is 0. The van der Waals surface area contributed by atoms with E-state index >= 15 is 0 Å². The van der Waals surface area contributed by atoms with Crippen LogP contribution in [0.1, 0.15) is 42.5 Å². The van der Waals surface area contributed by atoms with Crippen molar-refractivity contribution in [1.82, 2.24) is 0 Å². The Morgan fingerprint density at radius 2 is 1.94 bits per heavy atom. The molecule has 0 N–H and O–H groups in total. The van der Waals surface area contributed by atoms with E-state index in [0.29, 0.717) is 12.3 Å². The summed E-state index contributed by atoms with van der Waals surface area (Å²) in [6, 6.07) is 9.54. The highest BCUT2D eigenvalue weighted by atomic mass is 16.1. The molecular weight excluding hydrogens is 208 g/mol. The third-order valence-electron chi connectivity index (χ3n) is 3.70. The molecule has 1 heteroatoms. The van der Waals surface area contributed by atoms with Crippen LogP contribution in [0.15, 0.2) is 30.3 Å². The number of carbonyl (C=O) groups is 1. The average molecular weight is 226 g/mol. The summed E-state index contributed by atoms with van der Waals surface area (Å²) in [4.78, 5) is 12.4. The molecule has 0 amide bonds. The van der Waals surface area contributed by atoms with Crippen LogP contribution >= 0.6 is 0 Å². The lowest BCUT2D eigenvalue weighted by molar-refractivity contribution is 0.0876. The lowest BCUT2D eigenvalue weighted by Gasteiger charge is -2.20. The van der Waals surface area contributed by atoms with Gasteiger partial charge in [-0.3, -0.25) is 4.79 Å². The maximum atomic E-state index is 12.4. The summed E-state index contributed by atoms with van der Waals surface area (Å²) >= 11 is 0. The number of carbonyl (C=O) groups excluding carboxylic acids is 1. The molecule has 1 atom stereocenters. The van der Waals surface area contributed by atoms with Crippen LogP contribution < -0.4 is 0 Å². The topological polar surface area (TPSA) is 17.1 Å². The Kier molecular flexibility index (Phi) is 3.98. The highest BCUT2D eigenvalue weighted by Gasteiger charge is 2.30. The predicted molar refractivity (Wildman–Crippen MR) is 69.7 cm³/mol. The van der Waals surface area contributed by atoms with Crippen molar-refractivity contribution in [3.05, 3.63) is 35.9 Å². The first-order valence-electron chi connectivity index (χ1n) is 6.35. The molecule has 1 aliphatic carbocycles. The minimum atomic E-state index is 0.0323. The molecular formula is C16H18O. The average Bonchev–Trinajstić information content (AvgIpc) is 2.90. The number of benzene rings is 1. The summed E-state index contributed by atoms with van der Waals surface area (Å²) < 4.78 is 0. The molecule has 1 aromatic rings. The van der Waals surface area contributed by atoms with Crippen molar-refractivity contribution in [2.75, 3.05) is 0 Å². The van der Waals surface area contributed by atoms with Crippen molar-refractivity contribution >= 4 is 5.78 Å². The molecule has 1 aromatic carbocycles. The van der Waals surface area contributed by atoms with Gasteiger partial charge in [0.2, 0.25) is 0 Å². The van der Waals surface area contributed by atoms with Crippen LogP contribution in [0.2, 0.25) is 0 Å². The zero-order chi connectivity index (χ0) is 12.1. The number of ketones is 1. The first-order valence-corrected chi connectivity index (χ1v) is 6.35. The van der Waals surface area contributed by atoms with E-state index in [1.165, 1.54) is 12.8 Å². The fourth-order valence-electron chi connectivity index (χ4n) is 2.78. The Morgan fingerprint density at radius 1 is 1.29 bits per heavy atom. The van der Waals surface area contributed by atoms with Gasteiger partial charge in [-0.1, -0.05) is 43.2 Å². The zero-order valence-electron chi connectivity index (χ0n) is 10.1. The van der Waals surface area contributed by atoms with Gasteiger partial charge in [0, 0.05) is 17.9 Å². The van der Waals surface area contributed by atoms with Crippen LogP contribution in [-0.2, 0) is 0 Å². The van der Waals surface area contributed by atoms with Crippen molar-refractivity contribution in [3.63, 3.8) is 0 Å². The molecule has 1 fully saturated rings. The summed E-state index contributed by atoms with van der Waals surface area (Å²) in [5.41, 5.74) is 0.805. The molecule has 1 nitrogen and oxygen atoms in total. The number of rotatable bonds is 4. The maximum Gasteiger partial charge on any atom is 0.167 e. The number of hydrogen-bond donors (Lipinski definition) is 0. The van der Waals surface area contributed by atoms with E-state index in [1.54, 1.807) is 0 Å². The van der Waals surface area contributed by atoms with Gasteiger partial charge < -0.3 is 0 Å². The fraction of sp³-hybridized carbons (Fsp3) is 0.438. The molecule has 2 rings (SSSR count). The quantitative estimate of drug-likeness (QED) is 0.565. The van der Waals surface area contributed by atoms with Gasteiger partial charge >= 0.3 is 0 Å². The molecule has 0 aromatic heterocycles. The van der Waals surface area contributed by atoms with E-state index in [2.05, 4.69) is 5.92 Å². The Labute approximate surface area is 103 Å². The van der Waals surface area contributed by atoms with E-state index in [1.807, 2.05) is 30.3 Å². The predicted octanol–water partition coefficient (Wildman–Crippen LogP) is 3.70. The van der Waals surface area contributed by atoms with Gasteiger partial charge in [0.05, 0.1) is 0 Å². The van der Waals surface area contributed by atoms with Gasteiger partial charge in [-0.05, 0) is 18.8 Å². The van der Waals surface area contributed by atoms with Crippen LogP contribution in [0, 0.1) is 24.2 Å². The molecule has 0 heterocycles. The Balaban J connectivity index is 2.16. The smallest absolute Gasteiger partial charge is 0.167 e. The first-order chi connectivity index (χ1) is 8.33. The van der Waals surface area contributed by atoms with E-state index in [4.69, 9.17) is 6.42 Å². The SMILES string of the molecule is C#CCC(C(=O)c1ccccc1)C1CCCC1. The molecule has 0 aliphatic heterocycles. The van der Waals surface area contributed by atoms with Crippen molar-refractivity contribution in [2.24, 2.45) is 11.8 Å². The molecule has 1 unspecified atom stereocenters. The molecule has 0 spiro atoms. The van der Waals surface area contributed by atoms with Crippen LogP contribution in [0.4, 0.5) is 0 Å². The lowest BCUT2D eigenvalue weighted by atomic mass is 9.82. The van der Waals surface area contributed by atoms with E-state index in [9.17, 15) is 4.79 Å². The molecule has 88 valence electrons. The van der Waals surface area contributed by atoms with Gasteiger partial charge in [-0.2, -0.15) is 0 Å². The normalized spacial score (nSPS) is 17.6. The van der Waals surface area contributed by atoms with E-state index in [0.717, 1.165) is 18.4 Å². The Bertz CT molecular complexity index is 407. The van der Waals surface area contributed by atoms with Crippen molar-refractivity contribution in [2.45, 2.75) is 32.1 Å². The summed E-state index contributed by atoms with van der Waals surface area (Å²) in [5.74, 6) is 3.44. The third-order valence-corrected chi connectivity index (χ3v) is 3.70. The molecule has 0 bridgehead atoms. The number of hydrogen-bond acceptors (Lipinski definition) is 1. The standard InChI is InChI=1S/C16H18O/c1-2-8-15(13-9-6-7-10-13)16(17)14-11-4-3-5-12-14/h1,3-5,11-13,15H,6-10H2. The van der Waals surface area contributed by atoms with E-state index in [-0.39, 0.29) is 11.7 Å². The zero-order valence-corrected chi connectivity index (χ0v) is 10.1. The lowest BCUT2D eigenvalue weighted by Crippen LogP contribution is -2.22. The van der Waals surface area contributed by atoms with Crippen LogP contribution in [0.5, 0.6) is 0 Å². The second-order valence-corrected chi connectivity index (χ2v) is 4.79. The van der Waals surface area contributed by atoms with Gasteiger partial charge in [-0.25, -0.2) is 0 Å². The van der Waals surface area contributed by atoms with Crippen LogP contribution in [0.25, 0.3) is 0 Å². The van der Waals surface area contributed by atoms with Gasteiger partial charge in [0.25, 0.3) is 0 Å². The van der Waals surface area contributed by atoms with Gasteiger partial charge in [0.1, 0.15) is 0 Å². The minimum absolute atomic E-state index is 0.0323. The fourth-order valence-corrected chi connectivity index (χ4v) is 2.78. The molecule has 0 saturated heterocycles. The maximum absolute atomic E-state index is 12.4. The summed E-state index contributed by atoms with van der Waals surface area (Å²) in [6.07, 6.45) is 10.8. The number of Topliss-reactive ketones (excluding diaryl/α,β-unsaturated/α-hetero) is 1. The monoisotopic (exact) mass is 226 g/mol. The Hall–Kier alpha value is -1.55. The second-order valence-electron chi connectivity index (χ2n) is 4.79. The van der Waals surface area contributed by atoms with Crippen molar-refractivity contribution < 1.29 is 4.79 Å². The molecule has 0 radical (unpaired) electrons. The molecule has 1 aliphatic rings. The summed E-state index contributed by atoms with van der Waals surface area (Å²) in [5, 5.41) is 0. The van der Waals surface area contributed by atoms with Gasteiger partial charge in [-0.15, -0.1) is 12.3 Å². The van der Waals surface area contributed by atoms with Crippen molar-refractivity contribution in [1.29, 1.82) is 0 Å². The minimum Gasteiger partial charge on any atom is -0.294 e. The Morgan fingerprint density at radius 3 is 2.53 bits per heavy atom. The highest BCUT2D eigenvalue weighted by Crippen LogP contribution is 2.34. The highest BCUT2D eigenvalue weighted by molar-refractivity contribution is 5.98. The summed E-state index contributed by atoms with van der Waals surface area (Å²) in [6.45, 7) is 0. The van der Waals surface area contributed by atoms with Crippen LogP contribution in [-0.4, -0.2) is 5.78 Å². The van der Waals surface area contributed by atoms with Crippen molar-refractivity contribution in [3.8, 4) is 12.3 Å². The molecule has 17 heavy (non-hydrogen) atoms. The molecule has 1 saturated carbocycles. The van der Waals surface area contributed by atoms with E-state index < -0.39 is 0 Å². The second kappa shape index (κ2) is 5.68. The largest absolute Gasteiger partial charge is 0.294 e. The third kappa shape index (κ3) is 2.77. The first kappa shape index (κ1) is 11.9. The number of terminal acetylenes is 1. The van der Waals surface area contributed by atoms with Crippen LogP contribution in [0.3, 0.4) is 0 Å².